The third-order valence-corrected chi connectivity index (χ3v) is 4.00. The molecule has 24 heavy (non-hydrogen) atoms. The second-order valence-corrected chi connectivity index (χ2v) is 6.08. The summed E-state index contributed by atoms with van der Waals surface area (Å²) in [7, 11) is 1.63. The van der Waals surface area contributed by atoms with Crippen LogP contribution in [-0.4, -0.2) is 18.1 Å². The Bertz CT molecular complexity index is 886. The number of nitrogens with two attached hydrogens (primary N) is 2. The van der Waals surface area contributed by atoms with Gasteiger partial charge in [0.05, 0.1) is 18.5 Å². The van der Waals surface area contributed by atoms with Crippen molar-refractivity contribution >= 4 is 22.5 Å². The molecule has 0 unspecified atom stereocenters. The monoisotopic (exact) mass is 326 g/mol. The number of nitrogens with zero attached hydrogens (tertiary/aromatic N) is 2. The smallest absolute Gasteiger partial charge is 0.227 e. The topological polar surface area (TPSA) is 90.5 Å². The lowest BCUT2D eigenvalue weighted by Gasteiger charge is -2.24. The molecule has 0 radical (unpaired) electrons. The van der Waals surface area contributed by atoms with E-state index in [4.69, 9.17) is 20.7 Å². The highest BCUT2D eigenvalue weighted by molar-refractivity contribution is 5.82. The van der Waals surface area contributed by atoms with Gasteiger partial charge in [-0.25, -0.2) is 10.8 Å². The highest BCUT2D eigenvalue weighted by Gasteiger charge is 2.15. The molecular weight excluding hydrogens is 304 g/mol. The van der Waals surface area contributed by atoms with Crippen molar-refractivity contribution in [2.24, 2.45) is 5.84 Å². The lowest BCUT2D eigenvalue weighted by atomic mass is 10.1. The Morgan fingerprint density at radius 1 is 1.21 bits per heavy atom. The molecule has 1 aromatic heterocycles. The third kappa shape index (κ3) is 2.76. The molecule has 0 aliphatic rings. The van der Waals surface area contributed by atoms with E-state index in [-0.39, 0.29) is 6.04 Å². The van der Waals surface area contributed by atoms with Gasteiger partial charge in [0.2, 0.25) is 5.89 Å². The first kappa shape index (κ1) is 16.1. The maximum atomic E-state index is 6.16. The van der Waals surface area contributed by atoms with Gasteiger partial charge in [-0.3, -0.25) is 0 Å². The highest BCUT2D eigenvalue weighted by atomic mass is 16.5. The molecule has 0 spiro atoms. The zero-order chi connectivity index (χ0) is 17.4. The molecule has 0 fully saturated rings. The molecule has 6 nitrogen and oxygen atoms in total. The van der Waals surface area contributed by atoms with Crippen LogP contribution in [0.5, 0.6) is 5.75 Å². The molecule has 2 aromatic carbocycles. The van der Waals surface area contributed by atoms with Gasteiger partial charge in [-0.1, -0.05) is 0 Å². The number of hydrogen-bond acceptors (Lipinski definition) is 6. The summed E-state index contributed by atoms with van der Waals surface area (Å²) < 4.78 is 11.2. The Kier molecular flexibility index (Phi) is 4.07. The van der Waals surface area contributed by atoms with Gasteiger partial charge in [0.25, 0.3) is 0 Å². The number of oxazole rings is 1. The Balaban J connectivity index is 2.04. The van der Waals surface area contributed by atoms with E-state index in [0.29, 0.717) is 17.2 Å². The standard InChI is InChI=1S/C18H22N4O2/c1-10(2)22(20)15-6-5-12(8-14(15)19)18-21-17-11(3)7-13(23-4)9-16(17)24-18/h5-10H,19-20H2,1-4H3. The van der Waals surface area contributed by atoms with Crippen molar-refractivity contribution in [3.63, 3.8) is 0 Å². The van der Waals surface area contributed by atoms with Crippen LogP contribution in [0, 0.1) is 6.92 Å². The highest BCUT2D eigenvalue weighted by Crippen LogP contribution is 2.32. The third-order valence-electron chi connectivity index (χ3n) is 4.00. The van der Waals surface area contributed by atoms with Crippen molar-refractivity contribution in [1.82, 2.24) is 4.98 Å². The van der Waals surface area contributed by atoms with Crippen LogP contribution in [0.25, 0.3) is 22.6 Å². The van der Waals surface area contributed by atoms with Crippen molar-refractivity contribution in [2.45, 2.75) is 26.8 Å². The second kappa shape index (κ2) is 6.05. The van der Waals surface area contributed by atoms with Crippen molar-refractivity contribution in [3.8, 4) is 17.2 Å². The molecule has 4 N–H and O–H groups in total. The number of benzene rings is 2. The molecule has 0 saturated carbocycles. The van der Waals surface area contributed by atoms with Crippen molar-refractivity contribution in [3.05, 3.63) is 35.9 Å². The molecule has 126 valence electrons. The number of aromatic nitrogens is 1. The maximum absolute atomic E-state index is 6.16. The maximum Gasteiger partial charge on any atom is 0.227 e. The summed E-state index contributed by atoms with van der Waals surface area (Å²) in [6.07, 6.45) is 0. The van der Waals surface area contributed by atoms with E-state index in [1.54, 1.807) is 12.1 Å². The van der Waals surface area contributed by atoms with Gasteiger partial charge in [-0.15, -0.1) is 0 Å². The minimum atomic E-state index is 0.151. The van der Waals surface area contributed by atoms with Gasteiger partial charge in [0.15, 0.2) is 5.58 Å². The van der Waals surface area contributed by atoms with Gasteiger partial charge < -0.3 is 19.9 Å². The van der Waals surface area contributed by atoms with Crippen LogP contribution >= 0.6 is 0 Å². The van der Waals surface area contributed by atoms with Crippen LogP contribution in [0.3, 0.4) is 0 Å². The zero-order valence-corrected chi connectivity index (χ0v) is 14.3. The van der Waals surface area contributed by atoms with E-state index < -0.39 is 0 Å². The zero-order valence-electron chi connectivity index (χ0n) is 14.3. The molecule has 3 aromatic rings. The van der Waals surface area contributed by atoms with Crippen LogP contribution in [0.15, 0.2) is 34.7 Å². The predicted molar refractivity (Wildman–Crippen MR) is 96.9 cm³/mol. The number of ether oxygens (including phenoxy) is 1. The molecule has 0 aliphatic carbocycles. The van der Waals surface area contributed by atoms with Gasteiger partial charge >= 0.3 is 0 Å². The van der Waals surface area contributed by atoms with Crippen LogP contribution in [0.4, 0.5) is 11.4 Å². The molecule has 0 saturated heterocycles. The van der Waals surface area contributed by atoms with Crippen molar-refractivity contribution in [1.29, 1.82) is 0 Å². The van der Waals surface area contributed by atoms with Gasteiger partial charge in [0.1, 0.15) is 11.3 Å². The summed E-state index contributed by atoms with van der Waals surface area (Å²) in [4.78, 5) is 4.59. The Hall–Kier alpha value is -2.73. The predicted octanol–water partition coefficient (Wildman–Crippen LogP) is 3.48. The summed E-state index contributed by atoms with van der Waals surface area (Å²) in [6.45, 7) is 5.98. The van der Waals surface area contributed by atoms with E-state index >= 15 is 0 Å². The fourth-order valence-corrected chi connectivity index (χ4v) is 2.61. The molecule has 0 aliphatic heterocycles. The minimum Gasteiger partial charge on any atom is -0.497 e. The SMILES string of the molecule is COc1cc(C)c2nc(-c3ccc(N(N)C(C)C)c(N)c3)oc2c1. The average molecular weight is 326 g/mol. The molecule has 0 bridgehead atoms. The lowest BCUT2D eigenvalue weighted by Crippen LogP contribution is -2.37. The molecule has 3 rings (SSSR count). The summed E-state index contributed by atoms with van der Waals surface area (Å²) in [6, 6.07) is 9.53. The molecule has 0 amide bonds. The first-order valence-corrected chi connectivity index (χ1v) is 7.79. The first-order valence-electron chi connectivity index (χ1n) is 7.79. The van der Waals surface area contributed by atoms with Crippen molar-refractivity contribution < 1.29 is 9.15 Å². The molecule has 0 atom stereocenters. The number of nitrogen functional groups attached to an aromatic ring is 1. The number of fused-ring (bicyclic) bond motifs is 1. The lowest BCUT2D eigenvalue weighted by molar-refractivity contribution is 0.414. The number of aryl methyl sites for hydroxylation is 1. The van der Waals surface area contributed by atoms with E-state index in [0.717, 1.165) is 28.1 Å². The van der Waals surface area contributed by atoms with Crippen LogP contribution in [-0.2, 0) is 0 Å². The number of anilines is 2. The molecule has 6 heteroatoms. The van der Waals surface area contributed by atoms with E-state index in [2.05, 4.69) is 4.98 Å². The Labute approximate surface area is 141 Å². The largest absolute Gasteiger partial charge is 0.497 e. The summed E-state index contributed by atoms with van der Waals surface area (Å²) in [5.74, 6) is 7.31. The van der Waals surface area contributed by atoms with E-state index in [1.165, 1.54) is 0 Å². The normalized spacial score (nSPS) is 11.2. The molecular formula is C18H22N4O2. The van der Waals surface area contributed by atoms with Gasteiger partial charge in [-0.05, 0) is 50.6 Å². The number of methoxy groups -OCH3 is 1. The second-order valence-electron chi connectivity index (χ2n) is 6.08. The van der Waals surface area contributed by atoms with E-state index in [9.17, 15) is 0 Å². The summed E-state index contributed by atoms with van der Waals surface area (Å²) >= 11 is 0. The van der Waals surface area contributed by atoms with E-state index in [1.807, 2.05) is 51.1 Å². The van der Waals surface area contributed by atoms with Gasteiger partial charge in [-0.2, -0.15) is 0 Å². The fraction of sp³-hybridized carbons (Fsp3) is 0.278. The van der Waals surface area contributed by atoms with Crippen molar-refractivity contribution in [2.75, 3.05) is 17.9 Å². The minimum absolute atomic E-state index is 0.151. The number of hydrazine groups is 1. The first-order chi connectivity index (χ1) is 11.4. The number of rotatable bonds is 4. The summed E-state index contributed by atoms with van der Waals surface area (Å²) in [5, 5.41) is 1.64. The number of hydrogen-bond donors (Lipinski definition) is 2. The molecule has 1 heterocycles. The Morgan fingerprint density at radius 3 is 2.58 bits per heavy atom. The Morgan fingerprint density at radius 2 is 1.96 bits per heavy atom. The van der Waals surface area contributed by atoms with Crippen LogP contribution < -0.4 is 21.3 Å². The summed E-state index contributed by atoms with van der Waals surface area (Å²) in [5.41, 5.74) is 10.8. The quantitative estimate of drug-likeness (QED) is 0.433. The van der Waals surface area contributed by atoms with Crippen LogP contribution in [0.2, 0.25) is 0 Å². The average Bonchev–Trinajstić information content (AvgIpc) is 2.98. The fourth-order valence-electron chi connectivity index (χ4n) is 2.61. The van der Waals surface area contributed by atoms with Crippen LogP contribution in [0.1, 0.15) is 19.4 Å². The van der Waals surface area contributed by atoms with Gasteiger partial charge in [0, 0.05) is 17.7 Å².